The molecule has 3 rings (SSSR count). The largest absolute Gasteiger partial charge is 0.355 e. The summed E-state index contributed by atoms with van der Waals surface area (Å²) in [6.45, 7) is 7.21. The number of carbonyl (C=O) groups is 1. The van der Waals surface area contributed by atoms with Crippen molar-refractivity contribution in [2.75, 3.05) is 24.5 Å². The van der Waals surface area contributed by atoms with Gasteiger partial charge in [0.05, 0.1) is 0 Å². The van der Waals surface area contributed by atoms with Gasteiger partial charge < -0.3 is 16.0 Å². The molecule has 1 saturated carbocycles. The van der Waals surface area contributed by atoms with Gasteiger partial charge in [-0.2, -0.15) is 0 Å². The van der Waals surface area contributed by atoms with Crippen LogP contribution in [0.2, 0.25) is 0 Å². The first-order valence-corrected chi connectivity index (χ1v) is 8.60. The molecule has 2 fully saturated rings. The smallest absolute Gasteiger partial charge is 0.289 e. The lowest BCUT2D eigenvalue weighted by molar-refractivity contribution is -0.151. The van der Waals surface area contributed by atoms with E-state index in [9.17, 15) is 13.6 Å². The molecule has 1 saturated heterocycles. The van der Waals surface area contributed by atoms with Crippen molar-refractivity contribution in [3.05, 3.63) is 17.1 Å². The fraction of sp³-hybridized carbons (Fsp3) is 0.706. The van der Waals surface area contributed by atoms with E-state index in [1.807, 2.05) is 13.8 Å². The van der Waals surface area contributed by atoms with E-state index >= 15 is 0 Å². The van der Waals surface area contributed by atoms with Gasteiger partial charge in [-0.15, -0.1) is 0 Å². The van der Waals surface area contributed by atoms with Crippen molar-refractivity contribution in [1.29, 1.82) is 0 Å². The number of hydrogen-bond donors (Lipinski definition) is 2. The Morgan fingerprint density at radius 1 is 1.36 bits per heavy atom. The molecule has 1 amide bonds. The highest BCUT2D eigenvalue weighted by atomic mass is 19.3. The van der Waals surface area contributed by atoms with Crippen LogP contribution in [0.4, 0.5) is 14.6 Å². The number of nitrogens with one attached hydrogen (secondary N) is 1. The van der Waals surface area contributed by atoms with Crippen molar-refractivity contribution in [1.82, 2.24) is 15.3 Å². The molecule has 1 aromatic heterocycles. The Kier molecular flexibility index (Phi) is 4.43. The minimum absolute atomic E-state index is 0.0771. The van der Waals surface area contributed by atoms with Gasteiger partial charge in [0.15, 0.2) is 0 Å². The van der Waals surface area contributed by atoms with Crippen LogP contribution in [0, 0.1) is 19.3 Å². The summed E-state index contributed by atoms with van der Waals surface area (Å²) in [5, 5.41) is 2.71. The monoisotopic (exact) mass is 353 g/mol. The molecule has 1 atom stereocenters. The van der Waals surface area contributed by atoms with Crippen LogP contribution in [0.5, 0.6) is 0 Å². The molecule has 0 aromatic carbocycles. The first-order chi connectivity index (χ1) is 11.6. The van der Waals surface area contributed by atoms with E-state index in [0.717, 1.165) is 30.0 Å². The second-order valence-corrected chi connectivity index (χ2v) is 7.78. The second-order valence-electron chi connectivity index (χ2n) is 7.78. The maximum absolute atomic E-state index is 13.1. The van der Waals surface area contributed by atoms with Gasteiger partial charge in [0, 0.05) is 49.8 Å². The average Bonchev–Trinajstić information content (AvgIpc) is 2.91. The average molecular weight is 353 g/mol. The van der Waals surface area contributed by atoms with E-state index in [1.54, 1.807) is 6.92 Å². The minimum Gasteiger partial charge on any atom is -0.355 e. The number of rotatable bonds is 4. The SMILES string of the molecule is Cc1nc(C(=O)NCC2(C)CC(F)(F)C2)nc(N2CC[C@@H](N)C2)c1C. The van der Waals surface area contributed by atoms with E-state index in [0.29, 0.717) is 6.54 Å². The van der Waals surface area contributed by atoms with Gasteiger partial charge in [0.2, 0.25) is 11.7 Å². The number of anilines is 1. The highest BCUT2D eigenvalue weighted by Crippen LogP contribution is 2.51. The molecule has 2 aliphatic rings. The Labute approximate surface area is 146 Å². The van der Waals surface area contributed by atoms with E-state index < -0.39 is 17.2 Å². The quantitative estimate of drug-likeness (QED) is 0.862. The van der Waals surface area contributed by atoms with E-state index in [2.05, 4.69) is 20.2 Å². The summed E-state index contributed by atoms with van der Waals surface area (Å²) in [5.41, 5.74) is 7.06. The highest BCUT2D eigenvalue weighted by Gasteiger charge is 2.53. The molecule has 1 aliphatic carbocycles. The first kappa shape index (κ1) is 18.0. The molecule has 8 heteroatoms. The molecule has 138 valence electrons. The Balaban J connectivity index is 1.71. The summed E-state index contributed by atoms with van der Waals surface area (Å²) in [4.78, 5) is 23.2. The van der Waals surface area contributed by atoms with Crippen LogP contribution in [0.1, 0.15) is 48.1 Å². The van der Waals surface area contributed by atoms with E-state index in [-0.39, 0.29) is 31.3 Å². The van der Waals surface area contributed by atoms with Crippen molar-refractivity contribution in [3.63, 3.8) is 0 Å². The van der Waals surface area contributed by atoms with Gasteiger partial charge in [-0.05, 0) is 25.7 Å². The van der Waals surface area contributed by atoms with Crippen LogP contribution in [0.3, 0.4) is 0 Å². The van der Waals surface area contributed by atoms with Gasteiger partial charge in [-0.3, -0.25) is 4.79 Å². The third-order valence-electron chi connectivity index (χ3n) is 5.14. The van der Waals surface area contributed by atoms with Crippen LogP contribution in [-0.2, 0) is 0 Å². The molecular weight excluding hydrogens is 328 g/mol. The van der Waals surface area contributed by atoms with Gasteiger partial charge in [0.1, 0.15) is 5.82 Å². The zero-order valence-corrected chi connectivity index (χ0v) is 14.9. The number of hydrogen-bond acceptors (Lipinski definition) is 5. The number of carbonyl (C=O) groups excluding carboxylic acids is 1. The first-order valence-electron chi connectivity index (χ1n) is 8.60. The third-order valence-corrected chi connectivity index (χ3v) is 5.14. The fourth-order valence-corrected chi connectivity index (χ4v) is 3.70. The van der Waals surface area contributed by atoms with Crippen molar-refractivity contribution in [2.24, 2.45) is 11.1 Å². The number of aromatic nitrogens is 2. The van der Waals surface area contributed by atoms with Crippen LogP contribution >= 0.6 is 0 Å². The van der Waals surface area contributed by atoms with Crippen LogP contribution in [0.15, 0.2) is 0 Å². The number of nitrogens with zero attached hydrogens (tertiary/aromatic N) is 3. The van der Waals surface area contributed by atoms with Gasteiger partial charge in [-0.25, -0.2) is 18.7 Å². The lowest BCUT2D eigenvalue weighted by Gasteiger charge is -2.44. The molecule has 6 nitrogen and oxygen atoms in total. The number of halogens is 2. The topological polar surface area (TPSA) is 84.1 Å². The molecule has 0 unspecified atom stereocenters. The highest BCUT2D eigenvalue weighted by molar-refractivity contribution is 5.91. The summed E-state index contributed by atoms with van der Waals surface area (Å²) >= 11 is 0. The van der Waals surface area contributed by atoms with Crippen LogP contribution in [0.25, 0.3) is 0 Å². The minimum atomic E-state index is -2.61. The summed E-state index contributed by atoms with van der Waals surface area (Å²) in [6, 6.07) is 0.104. The number of aryl methyl sites for hydroxylation is 1. The summed E-state index contributed by atoms with van der Waals surface area (Å²) in [7, 11) is 0. The Bertz CT molecular complexity index is 686. The van der Waals surface area contributed by atoms with Gasteiger partial charge in [-0.1, -0.05) is 6.92 Å². The number of nitrogens with two attached hydrogens (primary N) is 1. The summed E-state index contributed by atoms with van der Waals surface area (Å²) < 4.78 is 26.2. The van der Waals surface area contributed by atoms with Crippen molar-refractivity contribution < 1.29 is 13.6 Å². The van der Waals surface area contributed by atoms with Gasteiger partial charge in [0.25, 0.3) is 5.91 Å². The number of alkyl halides is 2. The molecule has 3 N–H and O–H groups in total. The van der Waals surface area contributed by atoms with Crippen molar-refractivity contribution >= 4 is 11.7 Å². The van der Waals surface area contributed by atoms with Crippen LogP contribution < -0.4 is 16.0 Å². The van der Waals surface area contributed by atoms with Crippen molar-refractivity contribution in [3.8, 4) is 0 Å². The van der Waals surface area contributed by atoms with Crippen molar-refractivity contribution in [2.45, 2.75) is 52.0 Å². The Morgan fingerprint density at radius 3 is 2.60 bits per heavy atom. The second kappa shape index (κ2) is 6.16. The maximum atomic E-state index is 13.1. The molecule has 1 aliphatic heterocycles. The lowest BCUT2D eigenvalue weighted by atomic mass is 9.67. The fourth-order valence-electron chi connectivity index (χ4n) is 3.70. The predicted octanol–water partition coefficient (Wildman–Crippen LogP) is 1.80. The molecule has 0 spiro atoms. The van der Waals surface area contributed by atoms with Gasteiger partial charge >= 0.3 is 0 Å². The summed E-state index contributed by atoms with van der Waals surface area (Å²) in [5.74, 6) is -2.23. The zero-order valence-electron chi connectivity index (χ0n) is 14.9. The molecule has 0 bridgehead atoms. The summed E-state index contributed by atoms with van der Waals surface area (Å²) in [6.07, 6.45) is 0.479. The molecular formula is C17H25F2N5O. The standard InChI is InChI=1S/C17H25F2N5O/c1-10-11(2)22-13(23-14(10)24-5-4-12(20)6-24)15(25)21-9-16(3)7-17(18,19)8-16/h12H,4-9,20H2,1-3H3,(H,21,25)/t12-/m1/s1. The zero-order chi connectivity index (χ0) is 18.4. The number of amides is 1. The normalized spacial score (nSPS) is 24.1. The van der Waals surface area contributed by atoms with Crippen LogP contribution in [-0.4, -0.2) is 47.5 Å². The predicted molar refractivity (Wildman–Crippen MR) is 90.9 cm³/mol. The lowest BCUT2D eigenvalue weighted by Crippen LogP contribution is -2.50. The molecule has 0 radical (unpaired) electrons. The van der Waals surface area contributed by atoms with E-state index in [4.69, 9.17) is 5.73 Å². The Morgan fingerprint density at radius 2 is 2.04 bits per heavy atom. The maximum Gasteiger partial charge on any atom is 0.289 e. The van der Waals surface area contributed by atoms with E-state index in [1.165, 1.54) is 0 Å². The third kappa shape index (κ3) is 3.73. The molecule has 2 heterocycles. The Hall–Kier alpha value is -1.83. The molecule has 25 heavy (non-hydrogen) atoms. The molecule has 1 aromatic rings.